The first-order valence-electron chi connectivity index (χ1n) is 5.26. The van der Waals surface area contributed by atoms with E-state index in [2.05, 4.69) is 30.4 Å². The SMILES string of the molecule is CCCCc1ccc2c(c1)CCN2. The summed E-state index contributed by atoms with van der Waals surface area (Å²) in [5.41, 5.74) is 4.36. The van der Waals surface area contributed by atoms with E-state index in [1.54, 1.807) is 0 Å². The summed E-state index contributed by atoms with van der Waals surface area (Å²) in [7, 11) is 0. The van der Waals surface area contributed by atoms with Gasteiger partial charge in [-0.25, -0.2) is 0 Å². The zero-order chi connectivity index (χ0) is 9.10. The monoisotopic (exact) mass is 175 g/mol. The maximum Gasteiger partial charge on any atom is 0.0373 e. The Bertz CT molecular complexity index is 291. The van der Waals surface area contributed by atoms with Crippen molar-refractivity contribution in [2.45, 2.75) is 32.6 Å². The Morgan fingerprint density at radius 1 is 1.38 bits per heavy atom. The summed E-state index contributed by atoms with van der Waals surface area (Å²) in [4.78, 5) is 0. The highest BCUT2D eigenvalue weighted by Gasteiger charge is 2.09. The lowest BCUT2D eigenvalue weighted by Gasteiger charge is -2.03. The summed E-state index contributed by atoms with van der Waals surface area (Å²) in [6.07, 6.45) is 5.04. The van der Waals surface area contributed by atoms with Crippen LogP contribution in [0.5, 0.6) is 0 Å². The number of hydrogen-bond donors (Lipinski definition) is 1. The number of fused-ring (bicyclic) bond motifs is 1. The molecule has 1 N–H and O–H groups in total. The van der Waals surface area contributed by atoms with Gasteiger partial charge in [0.25, 0.3) is 0 Å². The Balaban J connectivity index is 2.12. The molecule has 0 amide bonds. The molecule has 0 radical (unpaired) electrons. The molecule has 0 saturated heterocycles. The van der Waals surface area contributed by atoms with E-state index in [9.17, 15) is 0 Å². The number of anilines is 1. The highest BCUT2D eigenvalue weighted by molar-refractivity contribution is 5.56. The normalized spacial score (nSPS) is 13.9. The van der Waals surface area contributed by atoms with Crippen molar-refractivity contribution >= 4 is 5.69 Å². The molecule has 0 aliphatic carbocycles. The second kappa shape index (κ2) is 3.82. The van der Waals surface area contributed by atoms with Gasteiger partial charge in [0, 0.05) is 12.2 Å². The zero-order valence-corrected chi connectivity index (χ0v) is 8.27. The fraction of sp³-hybridized carbons (Fsp3) is 0.500. The summed E-state index contributed by atoms with van der Waals surface area (Å²) in [5.74, 6) is 0. The molecule has 0 aromatic heterocycles. The summed E-state index contributed by atoms with van der Waals surface area (Å²) in [5, 5.41) is 3.38. The summed E-state index contributed by atoms with van der Waals surface area (Å²) >= 11 is 0. The average molecular weight is 175 g/mol. The van der Waals surface area contributed by atoms with E-state index in [4.69, 9.17) is 0 Å². The smallest absolute Gasteiger partial charge is 0.0373 e. The molecule has 0 bridgehead atoms. The van der Waals surface area contributed by atoms with E-state index in [-0.39, 0.29) is 0 Å². The van der Waals surface area contributed by atoms with Gasteiger partial charge in [-0.1, -0.05) is 25.5 Å². The predicted molar refractivity (Wildman–Crippen MR) is 57.2 cm³/mol. The van der Waals surface area contributed by atoms with E-state index in [0.717, 1.165) is 6.54 Å². The molecule has 1 heteroatoms. The fourth-order valence-electron chi connectivity index (χ4n) is 1.89. The molecular formula is C12H17N. The van der Waals surface area contributed by atoms with Crippen molar-refractivity contribution in [2.24, 2.45) is 0 Å². The third-order valence-electron chi connectivity index (χ3n) is 2.70. The van der Waals surface area contributed by atoms with Gasteiger partial charge < -0.3 is 5.32 Å². The number of rotatable bonds is 3. The maximum absolute atomic E-state index is 3.38. The van der Waals surface area contributed by atoms with Gasteiger partial charge in [0.2, 0.25) is 0 Å². The quantitative estimate of drug-likeness (QED) is 0.744. The number of aryl methyl sites for hydroxylation is 1. The third-order valence-corrected chi connectivity index (χ3v) is 2.70. The van der Waals surface area contributed by atoms with Crippen LogP contribution in [0, 0.1) is 0 Å². The molecule has 1 aromatic carbocycles. The van der Waals surface area contributed by atoms with Crippen molar-refractivity contribution < 1.29 is 0 Å². The topological polar surface area (TPSA) is 12.0 Å². The van der Waals surface area contributed by atoms with Gasteiger partial charge in [0.15, 0.2) is 0 Å². The highest BCUT2D eigenvalue weighted by Crippen LogP contribution is 2.23. The molecule has 0 spiro atoms. The molecule has 1 nitrogen and oxygen atoms in total. The van der Waals surface area contributed by atoms with Gasteiger partial charge in [-0.2, -0.15) is 0 Å². The van der Waals surface area contributed by atoms with Crippen LogP contribution in [0.25, 0.3) is 0 Å². The van der Waals surface area contributed by atoms with Crippen LogP contribution < -0.4 is 5.32 Å². The molecular weight excluding hydrogens is 158 g/mol. The first-order chi connectivity index (χ1) is 6.40. The van der Waals surface area contributed by atoms with E-state index in [1.165, 1.54) is 42.5 Å². The number of hydrogen-bond acceptors (Lipinski definition) is 1. The molecule has 1 aliphatic heterocycles. The molecule has 13 heavy (non-hydrogen) atoms. The summed E-state index contributed by atoms with van der Waals surface area (Å²) < 4.78 is 0. The first-order valence-corrected chi connectivity index (χ1v) is 5.26. The molecule has 0 unspecified atom stereocenters. The van der Waals surface area contributed by atoms with Crippen LogP contribution in [0.1, 0.15) is 30.9 Å². The van der Waals surface area contributed by atoms with Gasteiger partial charge >= 0.3 is 0 Å². The molecule has 2 rings (SSSR count). The van der Waals surface area contributed by atoms with Gasteiger partial charge in [-0.3, -0.25) is 0 Å². The average Bonchev–Trinajstić information content (AvgIpc) is 2.61. The lowest BCUT2D eigenvalue weighted by molar-refractivity contribution is 0.794. The molecule has 0 fully saturated rings. The predicted octanol–water partition coefficient (Wildman–Crippen LogP) is 3.00. The summed E-state index contributed by atoms with van der Waals surface area (Å²) in [6.45, 7) is 3.36. The van der Waals surface area contributed by atoms with Crippen molar-refractivity contribution in [3.8, 4) is 0 Å². The minimum atomic E-state index is 1.12. The minimum absolute atomic E-state index is 1.12. The van der Waals surface area contributed by atoms with Crippen LogP contribution >= 0.6 is 0 Å². The van der Waals surface area contributed by atoms with Gasteiger partial charge in [-0.15, -0.1) is 0 Å². The summed E-state index contributed by atoms with van der Waals surface area (Å²) in [6, 6.07) is 6.85. The second-order valence-electron chi connectivity index (χ2n) is 3.77. The zero-order valence-electron chi connectivity index (χ0n) is 8.27. The minimum Gasteiger partial charge on any atom is -0.384 e. The van der Waals surface area contributed by atoms with Crippen LogP contribution in [0.15, 0.2) is 18.2 Å². The lowest BCUT2D eigenvalue weighted by atomic mass is 10.0. The Morgan fingerprint density at radius 3 is 3.15 bits per heavy atom. The number of nitrogens with one attached hydrogen (secondary N) is 1. The van der Waals surface area contributed by atoms with Crippen LogP contribution in [0.4, 0.5) is 5.69 Å². The van der Waals surface area contributed by atoms with Crippen LogP contribution in [0.3, 0.4) is 0 Å². The van der Waals surface area contributed by atoms with Crippen LogP contribution in [-0.2, 0) is 12.8 Å². The van der Waals surface area contributed by atoms with Crippen molar-refractivity contribution in [1.82, 2.24) is 0 Å². The fourth-order valence-corrected chi connectivity index (χ4v) is 1.89. The Hall–Kier alpha value is -0.980. The maximum atomic E-state index is 3.38. The van der Waals surface area contributed by atoms with E-state index in [0.29, 0.717) is 0 Å². The van der Waals surface area contributed by atoms with Gasteiger partial charge in [-0.05, 0) is 36.5 Å². The molecule has 1 heterocycles. The first kappa shape index (κ1) is 8.61. The Labute approximate surface area is 80.2 Å². The van der Waals surface area contributed by atoms with Gasteiger partial charge in [0.05, 0.1) is 0 Å². The van der Waals surface area contributed by atoms with Crippen LogP contribution in [0.2, 0.25) is 0 Å². The number of benzene rings is 1. The van der Waals surface area contributed by atoms with Gasteiger partial charge in [0.1, 0.15) is 0 Å². The van der Waals surface area contributed by atoms with E-state index in [1.807, 2.05) is 0 Å². The van der Waals surface area contributed by atoms with Crippen molar-refractivity contribution in [3.05, 3.63) is 29.3 Å². The molecule has 70 valence electrons. The molecule has 0 atom stereocenters. The second-order valence-corrected chi connectivity index (χ2v) is 3.77. The molecule has 1 aromatic rings. The number of unbranched alkanes of at least 4 members (excludes halogenated alkanes) is 1. The standard InChI is InChI=1S/C12H17N/c1-2-3-4-10-5-6-12-11(9-10)7-8-13-12/h5-6,9,13H,2-4,7-8H2,1H3. The third kappa shape index (κ3) is 1.85. The Kier molecular flexibility index (Phi) is 2.53. The van der Waals surface area contributed by atoms with Crippen LogP contribution in [-0.4, -0.2) is 6.54 Å². The molecule has 0 saturated carbocycles. The van der Waals surface area contributed by atoms with E-state index < -0.39 is 0 Å². The van der Waals surface area contributed by atoms with Crippen molar-refractivity contribution in [3.63, 3.8) is 0 Å². The van der Waals surface area contributed by atoms with Crippen molar-refractivity contribution in [2.75, 3.05) is 11.9 Å². The molecule has 1 aliphatic rings. The van der Waals surface area contributed by atoms with E-state index >= 15 is 0 Å². The lowest BCUT2D eigenvalue weighted by Crippen LogP contribution is -1.90. The van der Waals surface area contributed by atoms with Crippen molar-refractivity contribution in [1.29, 1.82) is 0 Å². The largest absolute Gasteiger partial charge is 0.384 e. The highest BCUT2D eigenvalue weighted by atomic mass is 14.9. The Morgan fingerprint density at radius 2 is 2.31 bits per heavy atom.